The summed E-state index contributed by atoms with van der Waals surface area (Å²) in [6.07, 6.45) is 0.521. The van der Waals surface area contributed by atoms with Gasteiger partial charge in [0.25, 0.3) is 0 Å². The van der Waals surface area contributed by atoms with E-state index in [1.54, 1.807) is 34.5 Å². The molecule has 0 saturated carbocycles. The summed E-state index contributed by atoms with van der Waals surface area (Å²) in [5.41, 5.74) is 8.67. The van der Waals surface area contributed by atoms with E-state index in [1.165, 1.54) is 7.11 Å². The lowest BCUT2D eigenvalue weighted by atomic mass is 9.84. The highest BCUT2D eigenvalue weighted by atomic mass is 16.7. The minimum Gasteiger partial charge on any atom is -0.496 e. The second kappa shape index (κ2) is 16.7. The number of carbonyl (C=O) groups is 2. The predicted octanol–water partition coefficient (Wildman–Crippen LogP) is 5.77. The van der Waals surface area contributed by atoms with Gasteiger partial charge >= 0.3 is 11.9 Å². The third kappa shape index (κ3) is 7.01. The van der Waals surface area contributed by atoms with Crippen molar-refractivity contribution in [2.45, 2.75) is 51.7 Å². The summed E-state index contributed by atoms with van der Waals surface area (Å²) in [7, 11) is 11.8. The van der Waals surface area contributed by atoms with Crippen LogP contribution in [0, 0.1) is 13.8 Å². The summed E-state index contributed by atoms with van der Waals surface area (Å²) in [5.74, 6) is 4.61. The number of aliphatic hydroxyl groups is 1. The molecular formula is C45H50N2O14. The van der Waals surface area contributed by atoms with Crippen LogP contribution in [-0.4, -0.2) is 103 Å². The predicted molar refractivity (Wildman–Crippen MR) is 218 cm³/mol. The molecule has 16 heteroatoms. The number of esters is 2. The molecule has 0 aromatic heterocycles. The molecule has 0 fully saturated rings. The Bertz CT molecular complexity index is 2400. The molecule has 16 nitrogen and oxygen atoms in total. The van der Waals surface area contributed by atoms with Crippen LogP contribution < -0.4 is 42.6 Å². The fraction of sp³-hybridized carbons (Fsp3) is 0.422. The number of hydrogen-bond donors (Lipinski definition) is 1. The van der Waals surface area contributed by atoms with Gasteiger partial charge in [0.1, 0.15) is 35.8 Å². The van der Waals surface area contributed by atoms with Crippen molar-refractivity contribution in [3.8, 4) is 51.7 Å². The zero-order valence-corrected chi connectivity index (χ0v) is 35.7. The first-order valence-electron chi connectivity index (χ1n) is 19.8. The average Bonchev–Trinajstić information content (AvgIpc) is 4.09. The van der Waals surface area contributed by atoms with Crippen LogP contribution in [0.2, 0.25) is 0 Å². The number of ether oxygens (including phenoxy) is 11. The monoisotopic (exact) mass is 842 g/mol. The van der Waals surface area contributed by atoms with Gasteiger partial charge in [-0.2, -0.15) is 0 Å². The number of hydrogen-bond acceptors (Lipinski definition) is 16. The number of cyclic esters (lactones) is 2. The van der Waals surface area contributed by atoms with Gasteiger partial charge in [-0.3, -0.25) is 9.80 Å². The quantitative estimate of drug-likeness (QED) is 0.233. The van der Waals surface area contributed by atoms with Gasteiger partial charge in [0, 0.05) is 35.3 Å². The molecule has 1 N–H and O–H groups in total. The van der Waals surface area contributed by atoms with E-state index in [2.05, 4.69) is 4.90 Å². The van der Waals surface area contributed by atoms with Gasteiger partial charge in [0.05, 0.1) is 41.6 Å². The van der Waals surface area contributed by atoms with Gasteiger partial charge in [-0.1, -0.05) is 6.07 Å². The zero-order valence-electron chi connectivity index (χ0n) is 35.7. The van der Waals surface area contributed by atoms with E-state index in [0.717, 1.165) is 70.4 Å². The fourth-order valence-electron chi connectivity index (χ4n) is 8.94. The number of likely N-dealkylation sites (N-methyl/N-ethyl adjacent to an activating group) is 2. The van der Waals surface area contributed by atoms with Gasteiger partial charge in [0.15, 0.2) is 34.5 Å². The lowest BCUT2D eigenvalue weighted by Gasteiger charge is -2.38. The van der Waals surface area contributed by atoms with Crippen LogP contribution in [0.5, 0.6) is 51.7 Å². The van der Waals surface area contributed by atoms with E-state index in [0.29, 0.717) is 69.5 Å². The molecule has 6 aliphatic heterocycles. The Hall–Kier alpha value is -6.10. The molecule has 4 aromatic carbocycles. The van der Waals surface area contributed by atoms with Crippen LogP contribution in [0.15, 0.2) is 30.3 Å². The number of rotatable bonds is 6. The smallest absolute Gasteiger partial charge is 0.343 e. The molecule has 61 heavy (non-hydrogen) atoms. The van der Waals surface area contributed by atoms with E-state index >= 15 is 0 Å². The van der Waals surface area contributed by atoms with Gasteiger partial charge < -0.3 is 57.2 Å². The summed E-state index contributed by atoms with van der Waals surface area (Å²) in [5, 5.41) is 10.2. The van der Waals surface area contributed by atoms with Crippen LogP contribution in [0.1, 0.15) is 83.6 Å². The van der Waals surface area contributed by atoms with Gasteiger partial charge in [0.2, 0.25) is 25.1 Å². The molecular weight excluding hydrogens is 792 g/mol. The van der Waals surface area contributed by atoms with Gasteiger partial charge in [-0.15, -0.1) is 0 Å². The molecule has 10 rings (SSSR count). The molecule has 6 aliphatic rings. The van der Waals surface area contributed by atoms with Crippen LogP contribution in [-0.2, 0) is 28.9 Å². The topological polar surface area (TPSA) is 162 Å². The van der Waals surface area contributed by atoms with Crippen molar-refractivity contribution in [1.29, 1.82) is 0 Å². The number of nitrogens with zero attached hydrogens (tertiary/aromatic N) is 2. The number of benzene rings is 4. The van der Waals surface area contributed by atoms with Crippen molar-refractivity contribution in [1.82, 2.24) is 9.80 Å². The van der Waals surface area contributed by atoms with Crippen molar-refractivity contribution in [3.05, 3.63) is 86.0 Å². The standard InChI is InChI=1S/C23H25NO7.C12H15NO4.C10H10O3/c1-11-8-13(26-3)19(27-4)17-15(11)21(31-23(17)25)18-16-12(6-7-24(18)2)9-14-20(22(16)28-5)30-10-29-14;1-13-4-3-7-5-8-10(17-6-16-8)11(15-2)9(7)12(13)14;1-6-3-4-8(12-2)9-7(6)5-13-10(9)11/h8-9,18,21H,6-7,10H2,1-5H3;5,12,14H,3-4,6H2,1-2H3;3-4H,5H2,1-2H3. The second-order valence-corrected chi connectivity index (χ2v) is 15.3. The van der Waals surface area contributed by atoms with Crippen molar-refractivity contribution in [2.24, 2.45) is 0 Å². The number of fused-ring (bicyclic) bond motifs is 6. The number of methoxy groups -OCH3 is 5. The lowest BCUT2D eigenvalue weighted by molar-refractivity contribution is 0.00853. The number of aliphatic hydroxyl groups excluding tert-OH is 1. The first-order valence-corrected chi connectivity index (χ1v) is 19.8. The maximum Gasteiger partial charge on any atom is 0.343 e. The molecule has 0 spiro atoms. The van der Waals surface area contributed by atoms with Crippen LogP contribution in [0.25, 0.3) is 0 Å². The van der Waals surface area contributed by atoms with Crippen LogP contribution >= 0.6 is 0 Å². The Morgan fingerprint density at radius 1 is 0.623 bits per heavy atom. The number of carbonyl (C=O) groups excluding carboxylic acids is 2. The average molecular weight is 843 g/mol. The van der Waals surface area contributed by atoms with Crippen molar-refractivity contribution in [2.75, 3.05) is 76.3 Å². The highest BCUT2D eigenvalue weighted by molar-refractivity contribution is 5.99. The highest BCUT2D eigenvalue weighted by Crippen LogP contribution is 2.56. The molecule has 324 valence electrons. The van der Waals surface area contributed by atoms with Gasteiger partial charge in [-0.05, 0) is 87.3 Å². The molecule has 4 aromatic rings. The molecule has 3 atom stereocenters. The highest BCUT2D eigenvalue weighted by Gasteiger charge is 2.47. The summed E-state index contributed by atoms with van der Waals surface area (Å²) >= 11 is 0. The Labute approximate surface area is 353 Å². The Morgan fingerprint density at radius 2 is 1.21 bits per heavy atom. The van der Waals surface area contributed by atoms with E-state index in [4.69, 9.17) is 52.1 Å². The molecule has 0 radical (unpaired) electrons. The fourth-order valence-corrected chi connectivity index (χ4v) is 8.94. The Morgan fingerprint density at radius 3 is 1.82 bits per heavy atom. The van der Waals surface area contributed by atoms with E-state index < -0.39 is 18.3 Å². The Balaban J connectivity index is 0.000000143. The van der Waals surface area contributed by atoms with Crippen molar-refractivity contribution in [3.63, 3.8) is 0 Å². The first kappa shape index (κ1) is 41.6. The summed E-state index contributed by atoms with van der Waals surface area (Å²) in [6.45, 7) is 6.27. The normalized spacial score (nSPS) is 20.1. The molecule has 0 bridgehead atoms. The largest absolute Gasteiger partial charge is 0.496 e. The van der Waals surface area contributed by atoms with Crippen molar-refractivity contribution >= 4 is 11.9 Å². The zero-order chi connectivity index (χ0) is 43.3. The maximum atomic E-state index is 13.0. The molecule has 3 unspecified atom stereocenters. The molecule has 0 amide bonds. The van der Waals surface area contributed by atoms with Crippen molar-refractivity contribution < 1.29 is 66.8 Å². The summed E-state index contributed by atoms with van der Waals surface area (Å²) in [4.78, 5) is 28.4. The number of aryl methyl sites for hydroxylation is 2. The Kier molecular flexibility index (Phi) is 11.4. The van der Waals surface area contributed by atoms with Crippen LogP contribution in [0.3, 0.4) is 0 Å². The van der Waals surface area contributed by atoms with Gasteiger partial charge in [-0.25, -0.2) is 9.59 Å². The lowest BCUT2D eigenvalue weighted by Crippen LogP contribution is -2.36. The third-order valence-corrected chi connectivity index (χ3v) is 12.0. The molecule has 0 aliphatic carbocycles. The first-order chi connectivity index (χ1) is 29.4. The summed E-state index contributed by atoms with van der Waals surface area (Å²) in [6, 6.07) is 9.30. The third-order valence-electron chi connectivity index (χ3n) is 12.0. The maximum absolute atomic E-state index is 13.0. The minimum atomic E-state index is -0.650. The van der Waals surface area contributed by atoms with E-state index in [-0.39, 0.29) is 25.6 Å². The van der Waals surface area contributed by atoms with Crippen LogP contribution in [0.4, 0.5) is 0 Å². The van der Waals surface area contributed by atoms with E-state index in [9.17, 15) is 14.7 Å². The molecule has 0 saturated heterocycles. The SMILES string of the molecule is COc1c2c(cc3c1C(O)N(C)CC3)OCO2.COc1cc(C)c2c(c1OC)C(=O)OC2C1c2c(cc3c(c2OC)OCO3)CCN1C.COc1ccc(C)c2c1C(=O)OC2. The minimum absolute atomic E-state index is 0.159. The molecule has 6 heterocycles. The van der Waals surface area contributed by atoms with E-state index in [1.807, 2.05) is 57.1 Å². The summed E-state index contributed by atoms with van der Waals surface area (Å²) < 4.78 is 60.3. The second-order valence-electron chi connectivity index (χ2n) is 15.3.